The first-order chi connectivity index (χ1) is 13.9. The summed E-state index contributed by atoms with van der Waals surface area (Å²) < 4.78 is 32.9. The maximum Gasteiger partial charge on any atom is 0.223 e. The number of carbonyl (C=O) groups is 1. The second-order valence-electron chi connectivity index (χ2n) is 8.37. The quantitative estimate of drug-likeness (QED) is 0.771. The highest BCUT2D eigenvalue weighted by atomic mass is 19.1. The van der Waals surface area contributed by atoms with Crippen molar-refractivity contribution < 1.29 is 18.1 Å². The zero-order chi connectivity index (χ0) is 20.6. The van der Waals surface area contributed by atoms with Gasteiger partial charge in [-0.2, -0.15) is 0 Å². The molecule has 2 saturated heterocycles. The molecule has 156 valence electrons. The molecule has 0 aliphatic carbocycles. The van der Waals surface area contributed by atoms with Crippen molar-refractivity contribution in [3.8, 4) is 0 Å². The molecule has 29 heavy (non-hydrogen) atoms. The molecular formula is C22H27F2N3O2. The minimum Gasteiger partial charge on any atom is -0.361 e. The number of aromatic nitrogens is 1. The van der Waals surface area contributed by atoms with Crippen LogP contribution in [-0.2, 0) is 17.9 Å². The van der Waals surface area contributed by atoms with Gasteiger partial charge in [0, 0.05) is 36.2 Å². The molecule has 2 fully saturated rings. The zero-order valence-electron chi connectivity index (χ0n) is 17.0. The predicted molar refractivity (Wildman–Crippen MR) is 104 cm³/mol. The van der Waals surface area contributed by atoms with E-state index in [1.807, 2.05) is 18.7 Å². The molecule has 0 bridgehead atoms. The smallest absolute Gasteiger partial charge is 0.223 e. The third-order valence-electron chi connectivity index (χ3n) is 6.59. The number of nitrogens with zero attached hydrogens (tertiary/aromatic N) is 3. The SMILES string of the molecule is Cc1noc(C)c1CN1C(=O)CC[C@]12CCCN(Cc1cc(F)ccc1F)CC2. The van der Waals surface area contributed by atoms with Crippen LogP contribution in [0.3, 0.4) is 0 Å². The molecule has 7 heteroatoms. The number of amides is 1. The van der Waals surface area contributed by atoms with Gasteiger partial charge in [-0.05, 0) is 64.3 Å². The molecule has 0 unspecified atom stereocenters. The van der Waals surface area contributed by atoms with Gasteiger partial charge < -0.3 is 9.42 Å². The number of halogens is 2. The minimum absolute atomic E-state index is 0.176. The van der Waals surface area contributed by atoms with Crippen LogP contribution in [0.15, 0.2) is 22.7 Å². The summed E-state index contributed by atoms with van der Waals surface area (Å²) in [6.45, 7) is 6.26. The molecular weight excluding hydrogens is 376 g/mol. The first kappa shape index (κ1) is 20.0. The van der Waals surface area contributed by atoms with E-state index in [0.717, 1.165) is 61.9 Å². The second kappa shape index (κ2) is 7.86. The Morgan fingerprint density at radius 1 is 1.14 bits per heavy atom. The maximum atomic E-state index is 14.1. The first-order valence-corrected chi connectivity index (χ1v) is 10.3. The van der Waals surface area contributed by atoms with Gasteiger partial charge in [0.05, 0.1) is 12.2 Å². The Kier molecular flexibility index (Phi) is 5.42. The van der Waals surface area contributed by atoms with Crippen molar-refractivity contribution >= 4 is 5.91 Å². The van der Waals surface area contributed by atoms with Gasteiger partial charge >= 0.3 is 0 Å². The zero-order valence-corrected chi connectivity index (χ0v) is 17.0. The number of carbonyl (C=O) groups excluding carboxylic acids is 1. The van der Waals surface area contributed by atoms with Crippen molar-refractivity contribution in [1.29, 1.82) is 0 Å². The largest absolute Gasteiger partial charge is 0.361 e. The Balaban J connectivity index is 1.49. The van der Waals surface area contributed by atoms with Crippen LogP contribution in [-0.4, -0.2) is 39.5 Å². The summed E-state index contributed by atoms with van der Waals surface area (Å²) in [4.78, 5) is 16.9. The molecule has 1 amide bonds. The van der Waals surface area contributed by atoms with E-state index in [1.165, 1.54) is 12.1 Å². The molecule has 2 aromatic rings. The summed E-state index contributed by atoms with van der Waals surface area (Å²) in [5.41, 5.74) is 2.02. The van der Waals surface area contributed by atoms with Crippen LogP contribution in [0, 0.1) is 25.5 Å². The Morgan fingerprint density at radius 2 is 1.97 bits per heavy atom. The van der Waals surface area contributed by atoms with Crippen LogP contribution < -0.4 is 0 Å². The highest BCUT2D eigenvalue weighted by Crippen LogP contribution is 2.40. The molecule has 2 aliphatic rings. The van der Waals surface area contributed by atoms with Crippen LogP contribution in [0.25, 0.3) is 0 Å². The molecule has 1 spiro atoms. The summed E-state index contributed by atoms with van der Waals surface area (Å²) in [6, 6.07) is 3.61. The minimum atomic E-state index is -0.417. The highest BCUT2D eigenvalue weighted by Gasteiger charge is 2.46. The molecule has 4 rings (SSSR count). The van der Waals surface area contributed by atoms with E-state index in [-0.39, 0.29) is 17.3 Å². The lowest BCUT2D eigenvalue weighted by atomic mass is 9.87. The van der Waals surface area contributed by atoms with Crippen molar-refractivity contribution in [3.05, 3.63) is 52.4 Å². The molecule has 1 atom stereocenters. The van der Waals surface area contributed by atoms with Crippen LogP contribution in [0.1, 0.15) is 54.7 Å². The van der Waals surface area contributed by atoms with E-state index in [1.54, 1.807) is 0 Å². The number of hydrogen-bond donors (Lipinski definition) is 0. The Morgan fingerprint density at radius 3 is 2.72 bits per heavy atom. The molecule has 0 radical (unpaired) electrons. The number of rotatable bonds is 4. The molecule has 5 nitrogen and oxygen atoms in total. The number of hydrogen-bond acceptors (Lipinski definition) is 4. The van der Waals surface area contributed by atoms with Crippen LogP contribution in [0.4, 0.5) is 8.78 Å². The lowest BCUT2D eigenvalue weighted by molar-refractivity contribution is -0.132. The van der Waals surface area contributed by atoms with Gasteiger partial charge in [0.1, 0.15) is 17.4 Å². The van der Waals surface area contributed by atoms with Gasteiger partial charge in [0.2, 0.25) is 5.91 Å². The normalized spacial score (nSPS) is 23.2. The van der Waals surface area contributed by atoms with Gasteiger partial charge in [-0.25, -0.2) is 8.78 Å². The summed E-state index contributed by atoms with van der Waals surface area (Å²) in [7, 11) is 0. The van der Waals surface area contributed by atoms with Gasteiger partial charge in [0.15, 0.2) is 0 Å². The predicted octanol–water partition coefficient (Wildman–Crippen LogP) is 4.12. The molecule has 1 aromatic heterocycles. The summed E-state index contributed by atoms with van der Waals surface area (Å²) >= 11 is 0. The van der Waals surface area contributed by atoms with Crippen LogP contribution in [0.5, 0.6) is 0 Å². The maximum absolute atomic E-state index is 14.1. The summed E-state index contributed by atoms with van der Waals surface area (Å²) in [6.07, 6.45) is 4.07. The fourth-order valence-corrected chi connectivity index (χ4v) is 4.83. The fourth-order valence-electron chi connectivity index (χ4n) is 4.83. The van der Waals surface area contributed by atoms with Crippen LogP contribution in [0.2, 0.25) is 0 Å². The average Bonchev–Trinajstić information content (AvgIpc) is 3.07. The van der Waals surface area contributed by atoms with E-state index < -0.39 is 5.82 Å². The molecule has 2 aliphatic heterocycles. The number of likely N-dealkylation sites (tertiary alicyclic amines) is 2. The van der Waals surface area contributed by atoms with E-state index in [4.69, 9.17) is 4.52 Å². The van der Waals surface area contributed by atoms with Crippen molar-refractivity contribution in [1.82, 2.24) is 15.0 Å². The van der Waals surface area contributed by atoms with Gasteiger partial charge in [-0.3, -0.25) is 9.69 Å². The van der Waals surface area contributed by atoms with E-state index >= 15 is 0 Å². The van der Waals surface area contributed by atoms with Gasteiger partial charge in [-0.15, -0.1) is 0 Å². The molecule has 0 saturated carbocycles. The van der Waals surface area contributed by atoms with E-state index in [2.05, 4.69) is 10.1 Å². The molecule has 1 aromatic carbocycles. The lowest BCUT2D eigenvalue weighted by Gasteiger charge is -2.38. The molecule has 0 N–H and O–H groups in total. The van der Waals surface area contributed by atoms with Gasteiger partial charge in [0.25, 0.3) is 0 Å². The standard InChI is InChI=1S/C22H27F2N3O2/c1-15-19(16(2)29-25-15)14-27-21(28)6-8-22(27)7-3-10-26(11-9-22)13-17-12-18(23)4-5-20(17)24/h4-5,12H,3,6-11,13-14H2,1-2H3/t22-/m0/s1. The van der Waals surface area contributed by atoms with Crippen molar-refractivity contribution in [2.24, 2.45) is 0 Å². The van der Waals surface area contributed by atoms with Crippen LogP contribution >= 0.6 is 0 Å². The van der Waals surface area contributed by atoms with Gasteiger partial charge in [-0.1, -0.05) is 5.16 Å². The lowest BCUT2D eigenvalue weighted by Crippen LogP contribution is -2.46. The Bertz CT molecular complexity index is 894. The van der Waals surface area contributed by atoms with Crippen molar-refractivity contribution in [2.75, 3.05) is 13.1 Å². The number of benzene rings is 1. The Labute approximate surface area is 169 Å². The Hall–Kier alpha value is -2.28. The monoisotopic (exact) mass is 403 g/mol. The third-order valence-corrected chi connectivity index (χ3v) is 6.59. The third kappa shape index (κ3) is 3.92. The summed E-state index contributed by atoms with van der Waals surface area (Å²) in [5, 5.41) is 4.02. The van der Waals surface area contributed by atoms with Crippen molar-refractivity contribution in [2.45, 2.75) is 64.6 Å². The topological polar surface area (TPSA) is 49.6 Å². The second-order valence-corrected chi connectivity index (χ2v) is 8.37. The van der Waals surface area contributed by atoms with E-state index in [0.29, 0.717) is 25.1 Å². The van der Waals surface area contributed by atoms with E-state index in [9.17, 15) is 13.6 Å². The highest BCUT2D eigenvalue weighted by molar-refractivity contribution is 5.79. The first-order valence-electron chi connectivity index (χ1n) is 10.3. The fraction of sp³-hybridized carbons (Fsp3) is 0.545. The average molecular weight is 403 g/mol. The molecule has 3 heterocycles. The summed E-state index contributed by atoms with van der Waals surface area (Å²) in [5.74, 6) is 0.143. The van der Waals surface area contributed by atoms with Crippen molar-refractivity contribution in [3.63, 3.8) is 0 Å². The number of aryl methyl sites for hydroxylation is 2.